The van der Waals surface area contributed by atoms with Crippen molar-refractivity contribution < 1.29 is 21.9 Å². The van der Waals surface area contributed by atoms with Gasteiger partial charge in [0.1, 0.15) is 0 Å². The van der Waals surface area contributed by atoms with Crippen molar-refractivity contribution in [3.63, 3.8) is 0 Å². The number of benzene rings is 1. The first-order chi connectivity index (χ1) is 9.25. The minimum absolute atomic E-state index is 0.0662. The zero-order valence-electron chi connectivity index (χ0n) is 10.6. The minimum atomic E-state index is -3.95. The molecule has 1 aromatic carbocycles. The summed E-state index contributed by atoms with van der Waals surface area (Å²) >= 11 is 0. The van der Waals surface area contributed by atoms with E-state index in [0.717, 1.165) is 6.07 Å². The van der Waals surface area contributed by atoms with Crippen molar-refractivity contribution in [2.75, 3.05) is 19.7 Å². The number of nitrogens with zero attached hydrogens (tertiary/aromatic N) is 1. The maximum atomic E-state index is 12.4. The second-order valence-corrected chi connectivity index (χ2v) is 8.22. The molecule has 1 fully saturated rings. The molecule has 0 amide bonds. The zero-order chi connectivity index (χ0) is 15.0. The van der Waals surface area contributed by atoms with E-state index in [9.17, 15) is 16.8 Å². The lowest BCUT2D eigenvalue weighted by atomic mass is 10.1. The Balaban J connectivity index is 2.36. The van der Waals surface area contributed by atoms with E-state index in [4.69, 9.17) is 10.2 Å². The van der Waals surface area contributed by atoms with E-state index in [2.05, 4.69) is 0 Å². The maximum absolute atomic E-state index is 12.4. The summed E-state index contributed by atoms with van der Waals surface area (Å²) in [4.78, 5) is -0.348. The van der Waals surface area contributed by atoms with Crippen molar-refractivity contribution in [1.29, 1.82) is 0 Å². The van der Waals surface area contributed by atoms with Crippen LogP contribution in [0.4, 0.5) is 0 Å². The Morgan fingerprint density at radius 3 is 2.45 bits per heavy atom. The average Bonchev–Trinajstić information content (AvgIpc) is 2.87. The number of hydrogen-bond donors (Lipinski definition) is 2. The van der Waals surface area contributed by atoms with Crippen molar-refractivity contribution >= 4 is 20.0 Å². The molecule has 0 aromatic heterocycles. The molecule has 3 N–H and O–H groups in total. The second-order valence-electron chi connectivity index (χ2n) is 4.72. The highest BCUT2D eigenvalue weighted by molar-refractivity contribution is 7.90. The standard InChI is InChI=1S/C11H16N2O5S2/c12-19(15,16)10-2-1-3-11(6-10)20(17,18)13-5-4-9(7-13)8-14/h1-3,6,9,14H,4-5,7-8H2,(H2,12,15,16). The molecular formula is C11H16N2O5S2. The number of hydrogen-bond acceptors (Lipinski definition) is 5. The number of aliphatic hydroxyl groups is 1. The van der Waals surface area contributed by atoms with Crippen LogP contribution in [0.3, 0.4) is 0 Å². The largest absolute Gasteiger partial charge is 0.396 e. The third kappa shape index (κ3) is 3.01. The molecule has 1 unspecified atom stereocenters. The van der Waals surface area contributed by atoms with Crippen molar-refractivity contribution in [3.05, 3.63) is 24.3 Å². The van der Waals surface area contributed by atoms with Crippen LogP contribution in [-0.4, -0.2) is 45.9 Å². The first-order valence-corrected chi connectivity index (χ1v) is 8.97. The normalized spacial score (nSPS) is 21.2. The molecule has 1 saturated heterocycles. The van der Waals surface area contributed by atoms with Gasteiger partial charge in [-0.3, -0.25) is 0 Å². The van der Waals surface area contributed by atoms with Gasteiger partial charge in [0.15, 0.2) is 0 Å². The lowest BCUT2D eigenvalue weighted by Gasteiger charge is -2.16. The summed E-state index contributed by atoms with van der Waals surface area (Å²) in [6, 6.07) is 4.97. The van der Waals surface area contributed by atoms with Gasteiger partial charge in [0.2, 0.25) is 20.0 Å². The number of sulfonamides is 2. The third-order valence-electron chi connectivity index (χ3n) is 3.28. The molecule has 1 atom stereocenters. The molecular weight excluding hydrogens is 304 g/mol. The molecule has 0 aliphatic carbocycles. The summed E-state index contributed by atoms with van der Waals surface area (Å²) < 4.78 is 48.5. The van der Waals surface area contributed by atoms with Crippen LogP contribution in [0.5, 0.6) is 0 Å². The van der Waals surface area contributed by atoms with Crippen LogP contribution in [0.2, 0.25) is 0 Å². The molecule has 1 heterocycles. The van der Waals surface area contributed by atoms with E-state index in [0.29, 0.717) is 13.0 Å². The van der Waals surface area contributed by atoms with E-state index >= 15 is 0 Å². The van der Waals surface area contributed by atoms with Gasteiger partial charge in [-0.25, -0.2) is 22.0 Å². The Hall–Kier alpha value is -1.00. The molecule has 2 rings (SSSR count). The number of primary sulfonamides is 1. The topological polar surface area (TPSA) is 118 Å². The highest BCUT2D eigenvalue weighted by Crippen LogP contribution is 2.25. The monoisotopic (exact) mass is 320 g/mol. The Morgan fingerprint density at radius 1 is 1.25 bits per heavy atom. The van der Waals surface area contributed by atoms with Gasteiger partial charge in [-0.1, -0.05) is 6.07 Å². The van der Waals surface area contributed by atoms with E-state index < -0.39 is 20.0 Å². The summed E-state index contributed by atoms with van der Waals surface area (Å²) in [5.74, 6) is -0.0776. The summed E-state index contributed by atoms with van der Waals surface area (Å²) in [6.07, 6.45) is 0.588. The second kappa shape index (κ2) is 5.41. The van der Waals surface area contributed by atoms with Gasteiger partial charge in [0, 0.05) is 19.7 Å². The summed E-state index contributed by atoms with van der Waals surface area (Å²) in [5, 5.41) is 14.1. The molecule has 9 heteroatoms. The first-order valence-electron chi connectivity index (χ1n) is 5.99. The van der Waals surface area contributed by atoms with E-state index in [1.54, 1.807) is 0 Å². The lowest BCUT2D eigenvalue weighted by molar-refractivity contribution is 0.233. The van der Waals surface area contributed by atoms with Gasteiger partial charge >= 0.3 is 0 Å². The number of aliphatic hydroxyl groups excluding tert-OH is 1. The van der Waals surface area contributed by atoms with Crippen molar-refractivity contribution in [2.24, 2.45) is 11.1 Å². The average molecular weight is 320 g/mol. The molecule has 7 nitrogen and oxygen atoms in total. The third-order valence-corrected chi connectivity index (χ3v) is 6.05. The smallest absolute Gasteiger partial charge is 0.243 e. The number of rotatable bonds is 4. The molecule has 1 aliphatic heterocycles. The highest BCUT2D eigenvalue weighted by Gasteiger charge is 2.32. The SMILES string of the molecule is NS(=O)(=O)c1cccc(S(=O)(=O)N2CCC(CO)C2)c1. The van der Waals surface area contributed by atoms with Crippen LogP contribution in [-0.2, 0) is 20.0 Å². The Morgan fingerprint density at radius 2 is 1.90 bits per heavy atom. The summed E-state index contributed by atoms with van der Waals surface area (Å²) in [6.45, 7) is 0.481. The van der Waals surface area contributed by atoms with Gasteiger partial charge in [0.05, 0.1) is 9.79 Å². The minimum Gasteiger partial charge on any atom is -0.396 e. The molecule has 20 heavy (non-hydrogen) atoms. The Kier molecular flexibility index (Phi) is 4.17. The molecule has 0 spiro atoms. The van der Waals surface area contributed by atoms with Gasteiger partial charge in [-0.15, -0.1) is 0 Å². The van der Waals surface area contributed by atoms with Gasteiger partial charge < -0.3 is 5.11 Å². The van der Waals surface area contributed by atoms with E-state index in [1.165, 1.54) is 22.5 Å². The van der Waals surface area contributed by atoms with Crippen LogP contribution in [0.1, 0.15) is 6.42 Å². The Labute approximate surface area is 118 Å². The van der Waals surface area contributed by atoms with Crippen LogP contribution in [0.15, 0.2) is 34.1 Å². The van der Waals surface area contributed by atoms with Crippen LogP contribution in [0.25, 0.3) is 0 Å². The predicted molar refractivity (Wildman–Crippen MR) is 71.8 cm³/mol. The van der Waals surface area contributed by atoms with Gasteiger partial charge in [0.25, 0.3) is 0 Å². The van der Waals surface area contributed by atoms with Crippen molar-refractivity contribution in [3.8, 4) is 0 Å². The summed E-state index contributed by atoms with van der Waals surface area (Å²) in [7, 11) is -7.71. The summed E-state index contributed by atoms with van der Waals surface area (Å²) in [5.41, 5.74) is 0. The van der Waals surface area contributed by atoms with Gasteiger partial charge in [-0.05, 0) is 30.5 Å². The molecule has 112 valence electrons. The maximum Gasteiger partial charge on any atom is 0.243 e. The molecule has 1 aliphatic rings. The van der Waals surface area contributed by atoms with Crippen molar-refractivity contribution in [2.45, 2.75) is 16.2 Å². The zero-order valence-corrected chi connectivity index (χ0v) is 12.3. The van der Waals surface area contributed by atoms with Crippen LogP contribution < -0.4 is 5.14 Å². The first kappa shape index (κ1) is 15.4. The van der Waals surface area contributed by atoms with Crippen LogP contribution >= 0.6 is 0 Å². The molecule has 0 saturated carbocycles. The fourth-order valence-corrected chi connectivity index (χ4v) is 4.34. The van der Waals surface area contributed by atoms with Crippen molar-refractivity contribution in [1.82, 2.24) is 4.31 Å². The fraction of sp³-hybridized carbons (Fsp3) is 0.455. The quantitative estimate of drug-likeness (QED) is 0.763. The highest BCUT2D eigenvalue weighted by atomic mass is 32.2. The number of nitrogens with two attached hydrogens (primary N) is 1. The predicted octanol–water partition coefficient (Wildman–Crippen LogP) is -0.663. The van der Waals surface area contributed by atoms with Crippen LogP contribution in [0, 0.1) is 5.92 Å². The molecule has 1 aromatic rings. The molecule has 0 radical (unpaired) electrons. The Bertz CT molecular complexity index is 699. The van der Waals surface area contributed by atoms with E-state index in [1.807, 2.05) is 0 Å². The molecule has 0 bridgehead atoms. The fourth-order valence-electron chi connectivity index (χ4n) is 2.13. The van der Waals surface area contributed by atoms with Gasteiger partial charge in [-0.2, -0.15) is 4.31 Å². The van der Waals surface area contributed by atoms with E-state index in [-0.39, 0.29) is 28.9 Å². The lowest BCUT2D eigenvalue weighted by Crippen LogP contribution is -2.29.